The molecule has 2 aromatic heterocycles. The predicted molar refractivity (Wildman–Crippen MR) is 124 cm³/mol. The molecule has 0 spiro atoms. The van der Waals surface area contributed by atoms with Crippen LogP contribution in [0.25, 0.3) is 0 Å². The van der Waals surface area contributed by atoms with E-state index in [1.54, 1.807) is 60.3 Å². The van der Waals surface area contributed by atoms with Crippen LogP contribution in [0.1, 0.15) is 27.4 Å². The second-order valence-corrected chi connectivity index (χ2v) is 8.13. The number of para-hydroxylation sites is 1. The van der Waals surface area contributed by atoms with Crippen LogP contribution in [0.3, 0.4) is 0 Å². The zero-order valence-electron chi connectivity index (χ0n) is 17.8. The molecule has 10 heteroatoms. The predicted octanol–water partition coefficient (Wildman–Crippen LogP) is 5.48. The molecule has 7 nitrogen and oxygen atoms in total. The lowest BCUT2D eigenvalue weighted by Gasteiger charge is -2.09. The Kier molecular flexibility index (Phi) is 6.67. The van der Waals surface area contributed by atoms with Crippen LogP contribution in [-0.2, 0) is 13.3 Å². The van der Waals surface area contributed by atoms with E-state index in [0.29, 0.717) is 38.4 Å². The van der Waals surface area contributed by atoms with Gasteiger partial charge in [-0.3, -0.25) is 9.48 Å². The molecule has 0 saturated heterocycles. The van der Waals surface area contributed by atoms with Crippen molar-refractivity contribution in [2.75, 3.05) is 5.32 Å². The first kappa shape index (κ1) is 22.8. The fraction of sp³-hybridized carbons (Fsp3) is 0.174. The van der Waals surface area contributed by atoms with Gasteiger partial charge < -0.3 is 10.1 Å². The summed E-state index contributed by atoms with van der Waals surface area (Å²) in [4.78, 5) is 12.8. The lowest BCUT2D eigenvalue weighted by atomic mass is 10.2. The molecule has 0 saturated carbocycles. The lowest BCUT2D eigenvalue weighted by molar-refractivity contribution is 0.102. The van der Waals surface area contributed by atoms with E-state index in [-0.39, 0.29) is 24.8 Å². The molecule has 0 unspecified atom stereocenters. The van der Waals surface area contributed by atoms with E-state index in [1.807, 2.05) is 6.92 Å². The third-order valence-electron chi connectivity index (χ3n) is 5.03. The molecule has 2 aromatic carbocycles. The van der Waals surface area contributed by atoms with Crippen molar-refractivity contribution in [3.63, 3.8) is 0 Å². The fourth-order valence-corrected chi connectivity index (χ4v) is 3.81. The van der Waals surface area contributed by atoms with Crippen molar-refractivity contribution in [1.82, 2.24) is 19.6 Å². The van der Waals surface area contributed by atoms with Gasteiger partial charge in [-0.25, -0.2) is 9.07 Å². The molecule has 2 heterocycles. The highest BCUT2D eigenvalue weighted by Gasteiger charge is 2.18. The Hall–Kier alpha value is -3.36. The van der Waals surface area contributed by atoms with Crippen molar-refractivity contribution in [2.24, 2.45) is 0 Å². The maximum atomic E-state index is 14.0. The Labute approximate surface area is 199 Å². The van der Waals surface area contributed by atoms with Crippen LogP contribution < -0.4 is 10.1 Å². The average molecular weight is 488 g/mol. The Balaban J connectivity index is 1.44. The first-order valence-electron chi connectivity index (χ1n) is 10.0. The molecule has 4 rings (SSSR count). The van der Waals surface area contributed by atoms with Gasteiger partial charge in [-0.05, 0) is 38.1 Å². The zero-order chi connectivity index (χ0) is 23.5. The Morgan fingerprint density at radius 1 is 1.06 bits per heavy atom. The minimum Gasteiger partial charge on any atom is -0.468 e. The summed E-state index contributed by atoms with van der Waals surface area (Å²) in [5, 5.41) is 12.3. The number of nitrogens with one attached hydrogen (secondary N) is 1. The van der Waals surface area contributed by atoms with Gasteiger partial charge in [0.05, 0.1) is 33.7 Å². The third kappa shape index (κ3) is 5.02. The number of hydrogen-bond donors (Lipinski definition) is 1. The van der Waals surface area contributed by atoms with Crippen LogP contribution in [0.4, 0.5) is 10.1 Å². The SMILES string of the molecule is Cc1nn(Cc2ccccc2F)c(C)c1NC(=O)c1ccn(COc2c(Cl)cccc2Cl)n1. The number of ether oxygens (including phenoxy) is 1. The average Bonchev–Trinajstić information content (AvgIpc) is 3.35. The second kappa shape index (κ2) is 9.64. The van der Waals surface area contributed by atoms with Gasteiger partial charge in [0, 0.05) is 11.8 Å². The largest absolute Gasteiger partial charge is 0.468 e. The summed E-state index contributed by atoms with van der Waals surface area (Å²) in [6, 6.07) is 13.1. The normalized spacial score (nSPS) is 10.9. The standard InChI is InChI=1S/C23H20Cl2FN5O2/c1-14-21(15(2)31(28-14)12-16-6-3-4-9-19(16)26)27-23(32)20-10-11-30(29-20)13-33-22-17(24)7-5-8-18(22)25/h3-11H,12-13H2,1-2H3,(H,27,32). The highest BCUT2D eigenvalue weighted by atomic mass is 35.5. The van der Waals surface area contributed by atoms with E-state index in [4.69, 9.17) is 27.9 Å². The summed E-state index contributed by atoms with van der Waals surface area (Å²) in [5.74, 6) is -0.363. The zero-order valence-corrected chi connectivity index (χ0v) is 19.4. The Morgan fingerprint density at radius 2 is 1.79 bits per heavy atom. The third-order valence-corrected chi connectivity index (χ3v) is 5.63. The lowest BCUT2D eigenvalue weighted by Crippen LogP contribution is -2.15. The molecule has 0 aliphatic heterocycles. The Morgan fingerprint density at radius 3 is 2.52 bits per heavy atom. The number of rotatable bonds is 7. The summed E-state index contributed by atoms with van der Waals surface area (Å²) < 4.78 is 22.8. The summed E-state index contributed by atoms with van der Waals surface area (Å²) in [7, 11) is 0. The molecule has 33 heavy (non-hydrogen) atoms. The van der Waals surface area contributed by atoms with Crippen molar-refractivity contribution in [2.45, 2.75) is 27.1 Å². The van der Waals surface area contributed by atoms with Gasteiger partial charge in [0.2, 0.25) is 0 Å². The molecule has 0 fully saturated rings. The summed E-state index contributed by atoms with van der Waals surface area (Å²) in [6.45, 7) is 3.87. The quantitative estimate of drug-likeness (QED) is 0.374. The molecule has 4 aromatic rings. The molecule has 170 valence electrons. The van der Waals surface area contributed by atoms with Crippen molar-refractivity contribution in [1.29, 1.82) is 0 Å². The number of aryl methyl sites for hydroxylation is 1. The highest BCUT2D eigenvalue weighted by molar-refractivity contribution is 6.37. The summed E-state index contributed by atoms with van der Waals surface area (Å²) in [5.41, 5.74) is 2.60. The summed E-state index contributed by atoms with van der Waals surface area (Å²) >= 11 is 12.2. The van der Waals surface area contributed by atoms with E-state index in [2.05, 4.69) is 15.5 Å². The molecule has 0 bridgehead atoms. The molecule has 1 N–H and O–H groups in total. The number of benzene rings is 2. The topological polar surface area (TPSA) is 74.0 Å². The van der Waals surface area contributed by atoms with Crippen molar-refractivity contribution in [3.05, 3.63) is 93.2 Å². The van der Waals surface area contributed by atoms with E-state index in [9.17, 15) is 9.18 Å². The van der Waals surface area contributed by atoms with E-state index >= 15 is 0 Å². The van der Waals surface area contributed by atoms with E-state index in [0.717, 1.165) is 0 Å². The molecule has 1 amide bonds. The van der Waals surface area contributed by atoms with Gasteiger partial charge in [0.1, 0.15) is 5.82 Å². The number of carbonyl (C=O) groups excluding carboxylic acids is 1. The number of carbonyl (C=O) groups is 1. The van der Waals surface area contributed by atoms with Crippen LogP contribution in [0.15, 0.2) is 54.7 Å². The van der Waals surface area contributed by atoms with Gasteiger partial charge in [0.25, 0.3) is 5.91 Å². The van der Waals surface area contributed by atoms with Crippen LogP contribution in [-0.4, -0.2) is 25.5 Å². The van der Waals surface area contributed by atoms with Gasteiger partial charge in [-0.1, -0.05) is 47.5 Å². The second-order valence-electron chi connectivity index (χ2n) is 7.31. The molecule has 0 radical (unpaired) electrons. The van der Waals surface area contributed by atoms with Crippen LogP contribution >= 0.6 is 23.2 Å². The maximum absolute atomic E-state index is 14.0. The fourth-order valence-electron chi connectivity index (χ4n) is 3.30. The number of amides is 1. The van der Waals surface area contributed by atoms with Crippen LogP contribution in [0, 0.1) is 19.7 Å². The molecular weight excluding hydrogens is 468 g/mol. The van der Waals surface area contributed by atoms with Crippen LogP contribution in [0.2, 0.25) is 10.0 Å². The van der Waals surface area contributed by atoms with E-state index in [1.165, 1.54) is 10.7 Å². The maximum Gasteiger partial charge on any atom is 0.276 e. The van der Waals surface area contributed by atoms with Gasteiger partial charge in [-0.15, -0.1) is 0 Å². The van der Waals surface area contributed by atoms with E-state index < -0.39 is 5.91 Å². The molecule has 0 aliphatic rings. The van der Waals surface area contributed by atoms with Crippen LogP contribution in [0.5, 0.6) is 5.75 Å². The monoisotopic (exact) mass is 487 g/mol. The van der Waals surface area contributed by atoms with Gasteiger partial charge >= 0.3 is 0 Å². The first-order chi connectivity index (χ1) is 15.8. The van der Waals surface area contributed by atoms with Gasteiger partial charge in [-0.2, -0.15) is 10.2 Å². The minimum atomic E-state index is -0.402. The number of halogens is 3. The number of nitrogens with zero attached hydrogens (tertiary/aromatic N) is 4. The van der Waals surface area contributed by atoms with Crippen molar-refractivity contribution < 1.29 is 13.9 Å². The summed E-state index contributed by atoms with van der Waals surface area (Å²) in [6.07, 6.45) is 1.61. The molecule has 0 aliphatic carbocycles. The van der Waals surface area contributed by atoms with Crippen molar-refractivity contribution >= 4 is 34.8 Å². The van der Waals surface area contributed by atoms with Gasteiger partial charge in [0.15, 0.2) is 18.2 Å². The number of hydrogen-bond acceptors (Lipinski definition) is 4. The Bertz CT molecular complexity index is 1300. The molecule has 0 atom stereocenters. The number of anilines is 1. The number of aromatic nitrogens is 4. The highest BCUT2D eigenvalue weighted by Crippen LogP contribution is 2.32. The first-order valence-corrected chi connectivity index (χ1v) is 10.8. The minimum absolute atomic E-state index is 0.0232. The smallest absolute Gasteiger partial charge is 0.276 e. The molecular formula is C23H20Cl2FN5O2. The van der Waals surface area contributed by atoms with Crippen molar-refractivity contribution in [3.8, 4) is 5.75 Å².